The summed E-state index contributed by atoms with van der Waals surface area (Å²) in [6.07, 6.45) is 0. The van der Waals surface area contributed by atoms with Gasteiger partial charge in [-0.15, -0.1) is 22.9 Å². The Kier molecular flexibility index (Phi) is 5.50. The number of hydrogen-bond acceptors (Lipinski definition) is 7. The Balaban J connectivity index is 2.12. The number of nitrogens with one attached hydrogen (secondary N) is 3. The molecule has 1 saturated heterocycles. The molecule has 23 heavy (non-hydrogen) atoms. The molecule has 1 aliphatic rings. The van der Waals surface area contributed by atoms with Gasteiger partial charge in [-0.1, -0.05) is 5.16 Å². The lowest BCUT2D eigenvalue weighted by Crippen LogP contribution is -2.68. The summed E-state index contributed by atoms with van der Waals surface area (Å²) in [5.41, 5.74) is 0.119. The van der Waals surface area contributed by atoms with Crippen LogP contribution in [-0.4, -0.2) is 53.5 Å². The molecule has 124 valence electrons. The Morgan fingerprint density at radius 2 is 2.30 bits per heavy atom. The molecule has 3 amide bonds. The van der Waals surface area contributed by atoms with Gasteiger partial charge in [0.25, 0.3) is 5.91 Å². The Morgan fingerprint density at radius 3 is 2.87 bits per heavy atom. The minimum atomic E-state index is -0.626. The van der Waals surface area contributed by atoms with Crippen molar-refractivity contribution in [1.82, 2.24) is 15.6 Å². The van der Waals surface area contributed by atoms with Crippen LogP contribution in [0.3, 0.4) is 0 Å². The molecule has 1 aromatic heterocycles. The number of amides is 3. The zero-order chi connectivity index (χ0) is 17.0. The summed E-state index contributed by atoms with van der Waals surface area (Å²) in [6.45, 7) is 1.77. The molecular formula is C12H14ClN5O4S. The first-order valence-electron chi connectivity index (χ1n) is 6.50. The number of aromatic nitrogens is 1. The smallest absolute Gasteiger partial charge is 0.276 e. The van der Waals surface area contributed by atoms with Crippen molar-refractivity contribution < 1.29 is 19.2 Å². The molecule has 1 fully saturated rings. The Labute approximate surface area is 140 Å². The zero-order valence-corrected chi connectivity index (χ0v) is 13.8. The Hall–Kier alpha value is -2.20. The first-order valence-corrected chi connectivity index (χ1v) is 7.91. The van der Waals surface area contributed by atoms with Crippen molar-refractivity contribution >= 4 is 51.5 Å². The second kappa shape index (κ2) is 7.38. The molecule has 3 N–H and O–H groups in total. The van der Waals surface area contributed by atoms with Gasteiger partial charge in [-0.05, 0) is 6.92 Å². The molecule has 0 saturated carbocycles. The second-order valence-electron chi connectivity index (χ2n) is 4.59. The normalized spacial score (nSPS) is 20.3. The molecule has 1 aromatic rings. The van der Waals surface area contributed by atoms with Gasteiger partial charge in [0.15, 0.2) is 10.8 Å². The summed E-state index contributed by atoms with van der Waals surface area (Å²) in [5.74, 6) is -1.49. The topological polar surface area (TPSA) is 122 Å². The number of oxime groups is 1. The van der Waals surface area contributed by atoms with Crippen LogP contribution in [0.4, 0.5) is 5.13 Å². The van der Waals surface area contributed by atoms with Crippen LogP contribution in [-0.2, 0) is 19.2 Å². The summed E-state index contributed by atoms with van der Waals surface area (Å²) in [4.78, 5) is 43.6. The number of carbonyl (C=O) groups is 3. The molecule has 0 aromatic carbocycles. The lowest BCUT2D eigenvalue weighted by Gasteiger charge is -2.34. The number of nitrogens with zero attached hydrogens (tertiary/aromatic N) is 2. The number of rotatable bonds is 6. The minimum absolute atomic E-state index is 0.0953. The number of alkyl halides is 1. The van der Waals surface area contributed by atoms with Crippen LogP contribution in [0, 0.1) is 0 Å². The first kappa shape index (κ1) is 17.2. The third kappa shape index (κ3) is 3.96. The summed E-state index contributed by atoms with van der Waals surface area (Å²) in [6, 6.07) is -0.789. The van der Waals surface area contributed by atoms with Crippen LogP contribution >= 0.6 is 22.9 Å². The highest BCUT2D eigenvalue weighted by atomic mass is 35.5. The number of anilines is 1. The van der Waals surface area contributed by atoms with Crippen LogP contribution in [0.25, 0.3) is 0 Å². The average Bonchev–Trinajstić information content (AvgIpc) is 2.98. The van der Waals surface area contributed by atoms with Crippen LogP contribution in [0.1, 0.15) is 12.6 Å². The summed E-state index contributed by atoms with van der Waals surface area (Å²) in [7, 11) is 1.29. The number of hydrogen-bond donors (Lipinski definition) is 3. The van der Waals surface area contributed by atoms with Gasteiger partial charge in [0.2, 0.25) is 11.8 Å². The highest BCUT2D eigenvalue weighted by Gasteiger charge is 2.38. The van der Waals surface area contributed by atoms with Crippen molar-refractivity contribution in [1.29, 1.82) is 0 Å². The maximum atomic E-state index is 12.3. The second-order valence-corrected chi connectivity index (χ2v) is 5.72. The largest absolute Gasteiger partial charge is 0.398 e. The van der Waals surface area contributed by atoms with E-state index in [0.717, 1.165) is 11.3 Å². The maximum absolute atomic E-state index is 12.3. The molecule has 0 bridgehead atoms. The predicted molar refractivity (Wildman–Crippen MR) is 84.5 cm³/mol. The lowest BCUT2D eigenvalue weighted by atomic mass is 10.0. The molecule has 11 heteroatoms. The fourth-order valence-electron chi connectivity index (χ4n) is 1.82. The molecule has 2 rings (SSSR count). The van der Waals surface area contributed by atoms with Crippen molar-refractivity contribution in [3.63, 3.8) is 0 Å². The number of carbonyl (C=O) groups excluding carboxylic acids is 3. The van der Waals surface area contributed by atoms with Gasteiger partial charge < -0.3 is 20.8 Å². The van der Waals surface area contributed by atoms with Crippen LogP contribution in [0.15, 0.2) is 10.5 Å². The highest BCUT2D eigenvalue weighted by molar-refractivity contribution is 7.14. The fraction of sp³-hybridized carbons (Fsp3) is 0.417. The quantitative estimate of drug-likeness (QED) is 0.278. The van der Waals surface area contributed by atoms with Gasteiger partial charge in [-0.25, -0.2) is 4.98 Å². The van der Waals surface area contributed by atoms with E-state index in [1.807, 2.05) is 0 Å². The Bertz CT molecular complexity index is 662. The zero-order valence-electron chi connectivity index (χ0n) is 12.3. The summed E-state index contributed by atoms with van der Waals surface area (Å²) >= 11 is 6.50. The summed E-state index contributed by atoms with van der Waals surface area (Å²) in [5, 5.41) is 13.1. The monoisotopic (exact) mass is 359 g/mol. The predicted octanol–water partition coefficient (Wildman–Crippen LogP) is -0.326. The van der Waals surface area contributed by atoms with Crippen LogP contribution in [0.2, 0.25) is 0 Å². The van der Waals surface area contributed by atoms with Gasteiger partial charge in [-0.2, -0.15) is 0 Å². The van der Waals surface area contributed by atoms with E-state index in [-0.39, 0.29) is 34.4 Å². The van der Waals surface area contributed by atoms with Crippen molar-refractivity contribution in [2.45, 2.75) is 19.0 Å². The van der Waals surface area contributed by atoms with Gasteiger partial charge in [0, 0.05) is 5.38 Å². The van der Waals surface area contributed by atoms with E-state index < -0.39 is 17.9 Å². The molecule has 0 aliphatic carbocycles. The first-order chi connectivity index (χ1) is 11.0. The van der Waals surface area contributed by atoms with Gasteiger partial charge in [0.05, 0.1) is 6.04 Å². The molecule has 1 aliphatic heterocycles. The molecule has 0 radical (unpaired) electrons. The van der Waals surface area contributed by atoms with Crippen LogP contribution < -0.4 is 16.0 Å². The minimum Gasteiger partial charge on any atom is -0.398 e. The van der Waals surface area contributed by atoms with E-state index in [4.69, 9.17) is 11.6 Å². The molecule has 2 atom stereocenters. The summed E-state index contributed by atoms with van der Waals surface area (Å²) < 4.78 is 0. The van der Waals surface area contributed by atoms with Crippen molar-refractivity contribution in [3.8, 4) is 0 Å². The molecule has 0 unspecified atom stereocenters. The van der Waals surface area contributed by atoms with E-state index in [0.29, 0.717) is 0 Å². The average molecular weight is 360 g/mol. The van der Waals surface area contributed by atoms with Gasteiger partial charge in [0.1, 0.15) is 24.7 Å². The van der Waals surface area contributed by atoms with Crippen molar-refractivity contribution in [2.75, 3.05) is 18.3 Å². The van der Waals surface area contributed by atoms with Gasteiger partial charge >= 0.3 is 0 Å². The molecule has 9 nitrogen and oxygen atoms in total. The number of β-lactam (4-membered cyclic amide) rings is 1. The third-order valence-electron chi connectivity index (χ3n) is 2.95. The standard InChI is InChI=1S/C12H14ClN5O4S/c1-5-8(10(20)14-5)17-11(21)9(18-22-2)6-4-23-12(15-6)16-7(19)3-13/h4-5,8H,3H2,1-2H3,(H,14,20)(H,17,21)(H,15,16,19)/t5-,8-/m1/s1. The van der Waals surface area contributed by atoms with E-state index in [1.165, 1.54) is 12.5 Å². The molecule has 0 spiro atoms. The van der Waals surface area contributed by atoms with Gasteiger partial charge in [-0.3, -0.25) is 14.4 Å². The van der Waals surface area contributed by atoms with Crippen LogP contribution in [0.5, 0.6) is 0 Å². The van der Waals surface area contributed by atoms with Crippen molar-refractivity contribution in [3.05, 3.63) is 11.1 Å². The van der Waals surface area contributed by atoms with E-state index >= 15 is 0 Å². The van der Waals surface area contributed by atoms with Crippen molar-refractivity contribution in [2.24, 2.45) is 5.16 Å². The fourth-order valence-corrected chi connectivity index (χ4v) is 2.60. The van der Waals surface area contributed by atoms with E-state index in [1.54, 1.807) is 6.92 Å². The third-order valence-corrected chi connectivity index (χ3v) is 3.95. The Morgan fingerprint density at radius 1 is 1.57 bits per heavy atom. The maximum Gasteiger partial charge on any atom is 0.276 e. The van der Waals surface area contributed by atoms with E-state index in [9.17, 15) is 14.4 Å². The molecular weight excluding hydrogens is 346 g/mol. The van der Waals surface area contributed by atoms with E-state index in [2.05, 4.69) is 30.9 Å². The lowest BCUT2D eigenvalue weighted by molar-refractivity contribution is -0.134. The molecule has 2 heterocycles. The number of halogens is 1. The highest BCUT2D eigenvalue weighted by Crippen LogP contribution is 2.17. The SMILES string of the molecule is CON=C(C(=O)N[C@H]1C(=O)N[C@@H]1C)c1csc(NC(=O)CCl)n1. The number of thiazole rings is 1.